The molecule has 0 rings (SSSR count). The summed E-state index contributed by atoms with van der Waals surface area (Å²) >= 11 is 0. The third kappa shape index (κ3) is 6.90. The van der Waals surface area contributed by atoms with Gasteiger partial charge in [-0.2, -0.15) is 0 Å². The van der Waals surface area contributed by atoms with Gasteiger partial charge in [0.25, 0.3) is 0 Å². The van der Waals surface area contributed by atoms with Crippen molar-refractivity contribution in [3.8, 4) is 0 Å². The number of ether oxygens (including phenoxy) is 1. The number of hydrogen-bond donors (Lipinski definition) is 3. The lowest BCUT2D eigenvalue weighted by Gasteiger charge is -2.20. The molecular weight excluding hydrogens is 236 g/mol. The molecule has 0 fully saturated rings. The van der Waals surface area contributed by atoms with Crippen LogP contribution in [0.25, 0.3) is 0 Å². The molecule has 0 saturated carbocycles. The number of urea groups is 1. The van der Waals surface area contributed by atoms with E-state index in [4.69, 9.17) is 9.84 Å². The molecule has 0 aliphatic rings. The average Bonchev–Trinajstić information content (AvgIpc) is 2.31. The second-order valence-electron chi connectivity index (χ2n) is 4.69. The van der Waals surface area contributed by atoms with Crippen molar-refractivity contribution in [2.45, 2.75) is 26.9 Å². The first-order valence-electron chi connectivity index (χ1n) is 5.77. The number of carboxylic acids is 1. The van der Waals surface area contributed by atoms with Crippen LogP contribution in [0.4, 0.5) is 4.79 Å². The Balaban J connectivity index is 3.85. The number of nitrogens with one attached hydrogen (secondary N) is 2. The molecule has 1 unspecified atom stereocenters. The third-order valence-corrected chi connectivity index (χ3v) is 2.32. The summed E-state index contributed by atoms with van der Waals surface area (Å²) in [6.45, 7) is 9.29. The number of carbonyl (C=O) groups is 2. The van der Waals surface area contributed by atoms with E-state index in [9.17, 15) is 9.59 Å². The Hall–Kier alpha value is -1.56. The quantitative estimate of drug-likeness (QED) is 0.566. The molecule has 3 N–H and O–H groups in total. The molecule has 1 atom stereocenters. The monoisotopic (exact) mass is 258 g/mol. The van der Waals surface area contributed by atoms with Gasteiger partial charge in [0.15, 0.2) is 0 Å². The highest BCUT2D eigenvalue weighted by molar-refractivity contribution is 5.77. The van der Waals surface area contributed by atoms with Gasteiger partial charge in [-0.05, 0) is 20.8 Å². The molecule has 0 spiro atoms. The summed E-state index contributed by atoms with van der Waals surface area (Å²) < 4.78 is 5.27. The molecule has 0 aliphatic heterocycles. The van der Waals surface area contributed by atoms with Gasteiger partial charge in [-0.15, -0.1) is 6.58 Å². The zero-order valence-electron chi connectivity index (χ0n) is 11.2. The molecular formula is C12H22N2O4. The van der Waals surface area contributed by atoms with Gasteiger partial charge in [-0.1, -0.05) is 6.08 Å². The summed E-state index contributed by atoms with van der Waals surface area (Å²) in [7, 11) is 0. The predicted molar refractivity (Wildman–Crippen MR) is 68.4 cm³/mol. The van der Waals surface area contributed by atoms with Gasteiger partial charge in [0.1, 0.15) is 0 Å². The predicted octanol–water partition coefficient (Wildman–Crippen LogP) is 0.987. The number of aliphatic carboxylic acids is 1. The SMILES string of the molecule is C=CCOC(C)CNC(=O)NCC(C)(C)C(=O)O. The van der Waals surface area contributed by atoms with Crippen LogP contribution in [0, 0.1) is 5.41 Å². The number of carbonyl (C=O) groups excluding carboxylic acids is 1. The van der Waals surface area contributed by atoms with Crippen LogP contribution in [0.5, 0.6) is 0 Å². The highest BCUT2D eigenvalue weighted by Crippen LogP contribution is 2.12. The number of carboxylic acid groups (broad SMARTS) is 1. The molecule has 0 heterocycles. The summed E-state index contributed by atoms with van der Waals surface area (Å²) in [6.07, 6.45) is 1.51. The molecule has 6 heteroatoms. The molecule has 0 aromatic rings. The van der Waals surface area contributed by atoms with Crippen LogP contribution in [0.15, 0.2) is 12.7 Å². The molecule has 6 nitrogen and oxygen atoms in total. The van der Waals surface area contributed by atoms with Crippen LogP contribution in [0.1, 0.15) is 20.8 Å². The van der Waals surface area contributed by atoms with Crippen molar-refractivity contribution in [1.82, 2.24) is 10.6 Å². The standard InChI is InChI=1S/C12H22N2O4/c1-5-6-18-9(2)7-13-11(17)14-8-12(3,4)10(15)16/h5,9H,1,6-8H2,2-4H3,(H,15,16)(H2,13,14,17). The largest absolute Gasteiger partial charge is 0.481 e. The lowest BCUT2D eigenvalue weighted by Crippen LogP contribution is -2.45. The summed E-state index contributed by atoms with van der Waals surface area (Å²) in [6, 6.07) is -0.404. The zero-order valence-corrected chi connectivity index (χ0v) is 11.2. The second-order valence-corrected chi connectivity index (χ2v) is 4.69. The highest BCUT2D eigenvalue weighted by Gasteiger charge is 2.27. The maximum Gasteiger partial charge on any atom is 0.314 e. The third-order valence-electron chi connectivity index (χ3n) is 2.32. The minimum absolute atomic E-state index is 0.0655. The van der Waals surface area contributed by atoms with Gasteiger partial charge < -0.3 is 20.5 Å². The normalized spacial score (nSPS) is 12.6. The Morgan fingerprint density at radius 1 is 1.44 bits per heavy atom. The van der Waals surface area contributed by atoms with Crippen LogP contribution in [0.2, 0.25) is 0 Å². The molecule has 0 aliphatic carbocycles. The summed E-state index contributed by atoms with van der Waals surface area (Å²) in [4.78, 5) is 22.2. The summed E-state index contributed by atoms with van der Waals surface area (Å²) in [5.41, 5.74) is -0.984. The van der Waals surface area contributed by atoms with Gasteiger partial charge >= 0.3 is 12.0 Å². The van der Waals surface area contributed by atoms with E-state index in [0.29, 0.717) is 13.2 Å². The maximum atomic E-state index is 11.4. The van der Waals surface area contributed by atoms with E-state index >= 15 is 0 Å². The molecule has 0 saturated heterocycles. The summed E-state index contributed by atoms with van der Waals surface area (Å²) in [5.74, 6) is -0.953. The van der Waals surface area contributed by atoms with Gasteiger partial charge in [-0.25, -0.2) is 4.79 Å². The Morgan fingerprint density at radius 2 is 2.06 bits per heavy atom. The van der Waals surface area contributed by atoms with Gasteiger partial charge in [-0.3, -0.25) is 4.79 Å². The molecule has 18 heavy (non-hydrogen) atoms. The topological polar surface area (TPSA) is 87.7 Å². The number of rotatable bonds is 8. The van der Waals surface area contributed by atoms with Crippen LogP contribution < -0.4 is 10.6 Å². The fourth-order valence-electron chi connectivity index (χ4n) is 0.967. The number of amides is 2. The van der Waals surface area contributed by atoms with Crippen molar-refractivity contribution < 1.29 is 19.4 Å². The number of hydrogen-bond acceptors (Lipinski definition) is 3. The van der Waals surface area contributed by atoms with Crippen LogP contribution in [0.3, 0.4) is 0 Å². The Labute approximate surface area is 107 Å². The van der Waals surface area contributed by atoms with Crippen molar-refractivity contribution in [1.29, 1.82) is 0 Å². The summed E-state index contributed by atoms with van der Waals surface area (Å²) in [5, 5.41) is 14.0. The van der Waals surface area contributed by atoms with E-state index in [2.05, 4.69) is 17.2 Å². The molecule has 0 radical (unpaired) electrons. The minimum atomic E-state index is -0.984. The van der Waals surface area contributed by atoms with Crippen molar-refractivity contribution >= 4 is 12.0 Å². The first-order valence-corrected chi connectivity index (χ1v) is 5.77. The van der Waals surface area contributed by atoms with E-state index < -0.39 is 17.4 Å². The molecule has 0 aromatic carbocycles. The first-order chi connectivity index (χ1) is 8.29. The van der Waals surface area contributed by atoms with Crippen LogP contribution in [-0.2, 0) is 9.53 Å². The molecule has 104 valence electrons. The fraction of sp³-hybridized carbons (Fsp3) is 0.667. The van der Waals surface area contributed by atoms with E-state index in [1.165, 1.54) is 0 Å². The Morgan fingerprint density at radius 3 is 2.56 bits per heavy atom. The van der Waals surface area contributed by atoms with E-state index in [1.807, 2.05) is 6.92 Å². The van der Waals surface area contributed by atoms with E-state index in [0.717, 1.165) is 0 Å². The van der Waals surface area contributed by atoms with Gasteiger partial charge in [0.2, 0.25) is 0 Å². The van der Waals surface area contributed by atoms with Gasteiger partial charge in [0.05, 0.1) is 18.1 Å². The van der Waals surface area contributed by atoms with E-state index in [1.54, 1.807) is 19.9 Å². The molecule has 0 aromatic heterocycles. The van der Waals surface area contributed by atoms with Crippen molar-refractivity contribution in [3.63, 3.8) is 0 Å². The van der Waals surface area contributed by atoms with Crippen molar-refractivity contribution in [2.75, 3.05) is 19.7 Å². The lowest BCUT2D eigenvalue weighted by molar-refractivity contribution is -0.146. The molecule has 0 bridgehead atoms. The van der Waals surface area contributed by atoms with E-state index in [-0.39, 0.29) is 12.6 Å². The first kappa shape index (κ1) is 16.4. The smallest absolute Gasteiger partial charge is 0.314 e. The average molecular weight is 258 g/mol. The maximum absolute atomic E-state index is 11.4. The fourth-order valence-corrected chi connectivity index (χ4v) is 0.967. The Bertz CT molecular complexity index is 302. The lowest BCUT2D eigenvalue weighted by atomic mass is 9.94. The van der Waals surface area contributed by atoms with Crippen molar-refractivity contribution in [2.24, 2.45) is 5.41 Å². The zero-order chi connectivity index (χ0) is 14.2. The highest BCUT2D eigenvalue weighted by atomic mass is 16.5. The minimum Gasteiger partial charge on any atom is -0.481 e. The second kappa shape index (κ2) is 7.71. The van der Waals surface area contributed by atoms with Crippen molar-refractivity contribution in [3.05, 3.63) is 12.7 Å². The Kier molecular flexibility index (Phi) is 7.04. The van der Waals surface area contributed by atoms with Crippen LogP contribution >= 0.6 is 0 Å². The van der Waals surface area contributed by atoms with Crippen LogP contribution in [-0.4, -0.2) is 42.9 Å². The van der Waals surface area contributed by atoms with Gasteiger partial charge in [0, 0.05) is 13.1 Å². The molecule has 2 amide bonds.